The third-order valence-electron chi connectivity index (χ3n) is 5.21. The van der Waals surface area contributed by atoms with Gasteiger partial charge in [-0.1, -0.05) is 33.6 Å². The van der Waals surface area contributed by atoms with Gasteiger partial charge in [0, 0.05) is 6.04 Å². The van der Waals surface area contributed by atoms with Gasteiger partial charge in [0.1, 0.15) is 0 Å². The monoisotopic (exact) mass is 254 g/mol. The fourth-order valence-corrected chi connectivity index (χ4v) is 3.28. The molecule has 0 radical (unpaired) electrons. The maximum Gasteiger partial charge on any atom is 0.00674 e. The van der Waals surface area contributed by atoms with E-state index in [9.17, 15) is 0 Å². The summed E-state index contributed by atoms with van der Waals surface area (Å²) in [4.78, 5) is 2.72. The van der Waals surface area contributed by atoms with Crippen LogP contribution in [-0.4, -0.2) is 37.1 Å². The standard InChI is InChI=1S/C16H34N2/c1-5-16(6-2)10-13-18(14-11-16)15(4)9-8-12-17-7-3/h15,17H,5-14H2,1-4H3. The molecule has 0 aromatic rings. The van der Waals surface area contributed by atoms with Gasteiger partial charge in [-0.3, -0.25) is 0 Å². The van der Waals surface area contributed by atoms with Crippen molar-refractivity contribution in [3.63, 3.8) is 0 Å². The first kappa shape index (κ1) is 16.0. The van der Waals surface area contributed by atoms with Crippen LogP contribution in [0.4, 0.5) is 0 Å². The van der Waals surface area contributed by atoms with Crippen LogP contribution in [0.2, 0.25) is 0 Å². The van der Waals surface area contributed by atoms with Gasteiger partial charge in [0.05, 0.1) is 0 Å². The Balaban J connectivity index is 2.25. The smallest absolute Gasteiger partial charge is 0.00674 e. The number of rotatable bonds is 8. The van der Waals surface area contributed by atoms with E-state index in [0.717, 1.165) is 12.6 Å². The second kappa shape index (κ2) is 8.16. The Morgan fingerprint density at radius 1 is 1.11 bits per heavy atom. The predicted octanol–water partition coefficient (Wildman–Crippen LogP) is 3.67. The van der Waals surface area contributed by atoms with Crippen molar-refractivity contribution >= 4 is 0 Å². The highest BCUT2D eigenvalue weighted by Gasteiger charge is 2.32. The summed E-state index contributed by atoms with van der Waals surface area (Å²) in [5.74, 6) is 0. The summed E-state index contributed by atoms with van der Waals surface area (Å²) in [5.41, 5.74) is 0.667. The summed E-state index contributed by atoms with van der Waals surface area (Å²) in [6.07, 6.45) is 8.23. The minimum atomic E-state index is 0.667. The van der Waals surface area contributed by atoms with E-state index in [1.807, 2.05) is 0 Å². The first-order valence-corrected chi connectivity index (χ1v) is 8.12. The molecule has 0 aromatic carbocycles. The molecule has 1 rings (SSSR count). The molecule has 2 nitrogen and oxygen atoms in total. The summed E-state index contributed by atoms with van der Waals surface area (Å²) < 4.78 is 0. The second-order valence-corrected chi connectivity index (χ2v) is 6.09. The molecule has 1 atom stereocenters. The summed E-state index contributed by atoms with van der Waals surface area (Å²) in [5, 5.41) is 3.42. The van der Waals surface area contributed by atoms with Gasteiger partial charge in [0.2, 0.25) is 0 Å². The molecule has 1 aliphatic heterocycles. The van der Waals surface area contributed by atoms with Crippen LogP contribution in [0, 0.1) is 5.41 Å². The van der Waals surface area contributed by atoms with Gasteiger partial charge in [-0.2, -0.15) is 0 Å². The lowest BCUT2D eigenvalue weighted by Crippen LogP contribution is -2.44. The quantitative estimate of drug-likeness (QED) is 0.665. The topological polar surface area (TPSA) is 15.3 Å². The molecule has 1 N–H and O–H groups in total. The molecule has 0 aromatic heterocycles. The van der Waals surface area contributed by atoms with Gasteiger partial charge in [-0.15, -0.1) is 0 Å². The van der Waals surface area contributed by atoms with E-state index in [2.05, 4.69) is 37.9 Å². The van der Waals surface area contributed by atoms with Crippen LogP contribution < -0.4 is 5.32 Å². The zero-order valence-electron chi connectivity index (χ0n) is 13.1. The van der Waals surface area contributed by atoms with Crippen molar-refractivity contribution in [1.29, 1.82) is 0 Å². The van der Waals surface area contributed by atoms with Crippen molar-refractivity contribution in [2.24, 2.45) is 5.41 Å². The maximum atomic E-state index is 3.42. The molecule has 0 spiro atoms. The predicted molar refractivity (Wildman–Crippen MR) is 81.1 cm³/mol. The summed E-state index contributed by atoms with van der Waals surface area (Å²) in [6.45, 7) is 14.3. The SMILES string of the molecule is CCNCCCC(C)N1CCC(CC)(CC)CC1. The third-order valence-corrected chi connectivity index (χ3v) is 5.21. The van der Waals surface area contributed by atoms with Crippen LogP contribution in [0.1, 0.15) is 66.2 Å². The largest absolute Gasteiger partial charge is 0.317 e. The molecule has 1 fully saturated rings. The number of likely N-dealkylation sites (tertiary alicyclic amines) is 1. The van der Waals surface area contributed by atoms with E-state index in [0.29, 0.717) is 5.41 Å². The van der Waals surface area contributed by atoms with Crippen molar-refractivity contribution in [1.82, 2.24) is 10.2 Å². The van der Waals surface area contributed by atoms with Gasteiger partial charge in [0.25, 0.3) is 0 Å². The lowest BCUT2D eigenvalue weighted by atomic mass is 9.74. The van der Waals surface area contributed by atoms with Gasteiger partial charge in [-0.05, 0) is 64.2 Å². The van der Waals surface area contributed by atoms with E-state index >= 15 is 0 Å². The lowest BCUT2D eigenvalue weighted by molar-refractivity contribution is 0.0680. The zero-order valence-corrected chi connectivity index (χ0v) is 13.1. The molecular formula is C16H34N2. The van der Waals surface area contributed by atoms with E-state index in [1.54, 1.807) is 0 Å². The molecule has 1 unspecified atom stereocenters. The molecule has 2 heteroatoms. The fourth-order valence-electron chi connectivity index (χ4n) is 3.28. The molecule has 0 saturated carbocycles. The molecular weight excluding hydrogens is 220 g/mol. The van der Waals surface area contributed by atoms with Crippen LogP contribution in [0.15, 0.2) is 0 Å². The molecule has 108 valence electrons. The Kier molecular flexibility index (Phi) is 7.25. The molecule has 1 saturated heterocycles. The zero-order chi connectivity index (χ0) is 13.4. The van der Waals surface area contributed by atoms with Crippen LogP contribution in [0.5, 0.6) is 0 Å². The Morgan fingerprint density at radius 3 is 2.22 bits per heavy atom. The maximum absolute atomic E-state index is 3.42. The van der Waals surface area contributed by atoms with Gasteiger partial charge >= 0.3 is 0 Å². The van der Waals surface area contributed by atoms with Crippen molar-refractivity contribution in [3.8, 4) is 0 Å². The highest BCUT2D eigenvalue weighted by atomic mass is 15.2. The molecule has 0 aliphatic carbocycles. The van der Waals surface area contributed by atoms with Crippen LogP contribution in [-0.2, 0) is 0 Å². The highest BCUT2D eigenvalue weighted by molar-refractivity contribution is 4.85. The molecule has 0 bridgehead atoms. The average Bonchev–Trinajstić information content (AvgIpc) is 2.43. The molecule has 1 heterocycles. The van der Waals surface area contributed by atoms with Crippen molar-refractivity contribution < 1.29 is 0 Å². The summed E-state index contributed by atoms with van der Waals surface area (Å²) >= 11 is 0. The fraction of sp³-hybridized carbons (Fsp3) is 1.00. The van der Waals surface area contributed by atoms with Crippen LogP contribution >= 0.6 is 0 Å². The van der Waals surface area contributed by atoms with Crippen molar-refractivity contribution in [2.45, 2.75) is 72.3 Å². The van der Waals surface area contributed by atoms with Crippen LogP contribution in [0.3, 0.4) is 0 Å². The van der Waals surface area contributed by atoms with E-state index in [-0.39, 0.29) is 0 Å². The summed E-state index contributed by atoms with van der Waals surface area (Å²) in [7, 11) is 0. The number of hydrogen-bond acceptors (Lipinski definition) is 2. The van der Waals surface area contributed by atoms with Crippen molar-refractivity contribution in [3.05, 3.63) is 0 Å². The molecule has 18 heavy (non-hydrogen) atoms. The first-order valence-electron chi connectivity index (χ1n) is 8.12. The number of nitrogens with zero attached hydrogens (tertiary/aromatic N) is 1. The Labute approximate surface area is 115 Å². The van der Waals surface area contributed by atoms with Gasteiger partial charge < -0.3 is 10.2 Å². The highest BCUT2D eigenvalue weighted by Crippen LogP contribution is 2.38. The van der Waals surface area contributed by atoms with Crippen LogP contribution in [0.25, 0.3) is 0 Å². The van der Waals surface area contributed by atoms with E-state index in [1.165, 1.54) is 58.2 Å². The second-order valence-electron chi connectivity index (χ2n) is 6.09. The minimum Gasteiger partial charge on any atom is -0.317 e. The average molecular weight is 254 g/mol. The Bertz CT molecular complexity index is 201. The lowest BCUT2D eigenvalue weighted by Gasteiger charge is -2.43. The van der Waals surface area contributed by atoms with Gasteiger partial charge in [-0.25, -0.2) is 0 Å². The number of hydrogen-bond donors (Lipinski definition) is 1. The third kappa shape index (κ3) is 4.55. The Hall–Kier alpha value is -0.0800. The van der Waals surface area contributed by atoms with E-state index in [4.69, 9.17) is 0 Å². The number of piperidine rings is 1. The Morgan fingerprint density at radius 2 is 1.72 bits per heavy atom. The van der Waals surface area contributed by atoms with E-state index < -0.39 is 0 Å². The van der Waals surface area contributed by atoms with Gasteiger partial charge in [0.15, 0.2) is 0 Å². The normalized spacial score (nSPS) is 22.0. The molecule has 1 aliphatic rings. The number of nitrogens with one attached hydrogen (secondary N) is 1. The summed E-state index contributed by atoms with van der Waals surface area (Å²) in [6, 6.07) is 0.773. The van der Waals surface area contributed by atoms with Crippen molar-refractivity contribution in [2.75, 3.05) is 26.2 Å². The first-order chi connectivity index (χ1) is 8.67. The molecule has 0 amide bonds. The minimum absolute atomic E-state index is 0.667.